The highest BCUT2D eigenvalue weighted by Crippen LogP contribution is 2.70. The molecule has 0 saturated heterocycles. The average molecular weight is 1730 g/mol. The Hall–Kier alpha value is -7.09. The molecule has 2 N–H and O–H groups in total. The van der Waals surface area contributed by atoms with Crippen LogP contribution in [0.15, 0.2) is 96.1 Å². The maximum Gasteiger partial charge on any atom is 0.404 e. The maximum atomic E-state index is 11.5. The summed E-state index contributed by atoms with van der Waals surface area (Å²) >= 11 is 5.51. The number of carbonyl (C=O) groups is 2. The van der Waals surface area contributed by atoms with Gasteiger partial charge >= 0.3 is 11.4 Å². The molecule has 6 nitrogen and oxygen atoms in total. The van der Waals surface area contributed by atoms with Gasteiger partial charge in [0.25, 0.3) is 0 Å². The molecule has 6 fully saturated rings. The SMILES string of the molecule is CC(=O)OC1CCC2(C)C(=CCC3C2CCC2(C)C(C(C)CCCC(C)C)CCC32)C1.CC(C)CCCC(C)C1CCC2C3CC=C4CC(OC(=O)Cl)CCC4(C)C3CCC12C.CCc1cc(C)c(/C=C/c2cc(C)c(/C=C/c3cc(C)c(CC)cc3C)cc2C)cc1C.Cc1cc(/C=C/c2cc(C)c(CO)cc2C)c(C)cc1/C=C/c1cc(C)c(CO)cc1C. The van der Waals surface area contributed by atoms with Crippen molar-refractivity contribution < 1.29 is 29.3 Å². The van der Waals surface area contributed by atoms with Crippen molar-refractivity contribution in [1.82, 2.24) is 0 Å². The van der Waals surface area contributed by atoms with Gasteiger partial charge in [-0.3, -0.25) is 4.79 Å². The van der Waals surface area contributed by atoms with E-state index in [2.05, 4.69) is 286 Å². The summed E-state index contributed by atoms with van der Waals surface area (Å²) < 4.78 is 11.0. The van der Waals surface area contributed by atoms with Crippen LogP contribution in [0.1, 0.15) is 365 Å². The Balaban J connectivity index is 0.000000163. The molecule has 0 spiro atoms. The predicted octanol–water partition coefficient (Wildman–Crippen LogP) is 32.6. The smallest absolute Gasteiger partial charge is 0.404 e. The van der Waals surface area contributed by atoms with E-state index < -0.39 is 5.43 Å². The Morgan fingerprint density at radius 2 is 0.667 bits per heavy atom. The lowest BCUT2D eigenvalue weighted by atomic mass is 9.47. The highest BCUT2D eigenvalue weighted by atomic mass is 35.5. The zero-order valence-electron chi connectivity index (χ0n) is 83.1. The number of rotatable bonds is 24. The van der Waals surface area contributed by atoms with Crippen LogP contribution in [0, 0.1) is 176 Å². The molecule has 14 rings (SSSR count). The van der Waals surface area contributed by atoms with E-state index in [1.165, 1.54) is 220 Å². The van der Waals surface area contributed by atoms with Crippen LogP contribution in [0.4, 0.5) is 4.79 Å². The molecule has 0 heterocycles. The zero-order valence-corrected chi connectivity index (χ0v) is 83.8. The van der Waals surface area contributed by atoms with Crippen LogP contribution in [0.5, 0.6) is 0 Å². The van der Waals surface area contributed by atoms with Gasteiger partial charge in [0, 0.05) is 31.4 Å². The molecule has 8 aliphatic carbocycles. The van der Waals surface area contributed by atoms with E-state index in [1.807, 2.05) is 13.8 Å². The van der Waals surface area contributed by atoms with Crippen LogP contribution in [0.25, 0.3) is 48.6 Å². The van der Waals surface area contributed by atoms with Crippen molar-refractivity contribution >= 4 is 71.6 Å². The number of fused-ring (bicyclic) bond motifs is 10. The van der Waals surface area contributed by atoms with E-state index in [9.17, 15) is 19.8 Å². The second-order valence-corrected chi connectivity index (χ2v) is 43.6. The fourth-order valence-electron chi connectivity index (χ4n) is 26.4. The first kappa shape index (κ1) is 99.5. The van der Waals surface area contributed by atoms with Gasteiger partial charge in [-0.1, -0.05) is 266 Å². The van der Waals surface area contributed by atoms with Crippen molar-refractivity contribution in [2.24, 2.45) is 92.7 Å². The summed E-state index contributed by atoms with van der Waals surface area (Å²) in [5.41, 5.74) is 34.2. The predicted molar refractivity (Wildman–Crippen MR) is 540 cm³/mol. The molecule has 684 valence electrons. The van der Waals surface area contributed by atoms with Gasteiger partial charge in [0.15, 0.2) is 0 Å². The second kappa shape index (κ2) is 43.3. The molecule has 7 heteroatoms. The Bertz CT molecular complexity index is 4490. The molecule has 6 aromatic carbocycles. The third-order valence-corrected chi connectivity index (χ3v) is 34.3. The molecule has 0 amide bonds. The zero-order chi connectivity index (χ0) is 91.6. The topological polar surface area (TPSA) is 93.1 Å². The molecular formula is C119H165ClO6. The minimum Gasteiger partial charge on any atom is -0.462 e. The second-order valence-electron chi connectivity index (χ2n) is 43.3. The first-order chi connectivity index (χ1) is 59.7. The van der Waals surface area contributed by atoms with Crippen molar-refractivity contribution in [1.29, 1.82) is 0 Å². The van der Waals surface area contributed by atoms with Gasteiger partial charge in [-0.2, -0.15) is 0 Å². The number of hydrogen-bond acceptors (Lipinski definition) is 6. The molecule has 0 aromatic heterocycles. The van der Waals surface area contributed by atoms with Crippen molar-refractivity contribution in [3.63, 3.8) is 0 Å². The lowest BCUT2D eigenvalue weighted by molar-refractivity contribution is -0.148. The van der Waals surface area contributed by atoms with Gasteiger partial charge in [0.2, 0.25) is 0 Å². The van der Waals surface area contributed by atoms with E-state index in [-0.39, 0.29) is 31.4 Å². The number of ether oxygens (including phenoxy) is 2. The van der Waals surface area contributed by atoms with Crippen molar-refractivity contribution in [2.45, 2.75) is 353 Å². The van der Waals surface area contributed by atoms with Gasteiger partial charge in [0.1, 0.15) is 12.2 Å². The standard InChI is InChI=1S/C32H38.C30H34O2.C29H48O2.C28H45ClO2/c1-9-27-15-23(5)29(17-21(27)3)11-13-31-19-26(8)32(20-25(31)7)14-12-30-18-22(4)28(10-2)16-24(30)6;1-19-11-26(8-10-28-14-24(6)30(18-32)16-22(28)4)20(2)12-25(19)7-9-27-13-23(5)29(17-31)15-21(27)3;1-19(2)8-7-9-20(3)25-12-13-26-24-11-10-22-18-23(31-21(4)30)14-16-28(22,5)27(24)15-17-29(25,26)6;1-18(2)7-6-8-19(3)23-11-12-24-22-10-9-20-17-21(31-26(29)30)13-15-27(20,4)25(22)14-16-28(23,24)5/h11-20H,9-10H2,1-8H3;7-16,31-32H,17-18H2,1-6H3;10,19-20,23-27H,7-9,11-18H2,1-6H3;9,18-19,21-25H,6-8,10-17H2,1-5H3/b13-11+,14-12+;9-7+,10-8+;;. The van der Waals surface area contributed by atoms with Gasteiger partial charge in [-0.25, -0.2) is 4.79 Å². The summed E-state index contributed by atoms with van der Waals surface area (Å²) in [4.78, 5) is 22.7. The molecule has 0 aliphatic heterocycles. The summed E-state index contributed by atoms with van der Waals surface area (Å²) in [6, 6.07) is 26.8. The molecular weight excluding hydrogens is 1560 g/mol. The highest BCUT2D eigenvalue weighted by molar-refractivity contribution is 6.61. The van der Waals surface area contributed by atoms with E-state index in [1.54, 1.807) is 18.1 Å². The molecule has 16 atom stereocenters. The minimum atomic E-state index is -0.643. The first-order valence-corrected chi connectivity index (χ1v) is 50.1. The molecule has 16 unspecified atom stereocenters. The lowest BCUT2D eigenvalue weighted by Crippen LogP contribution is -2.51. The number of halogens is 1. The number of allylic oxidation sites excluding steroid dienone is 2. The lowest BCUT2D eigenvalue weighted by Gasteiger charge is -2.58. The fourth-order valence-corrected chi connectivity index (χ4v) is 26.6. The van der Waals surface area contributed by atoms with Crippen LogP contribution in [-0.2, 0) is 40.3 Å². The van der Waals surface area contributed by atoms with Gasteiger partial charge < -0.3 is 19.7 Å². The van der Waals surface area contributed by atoms with E-state index >= 15 is 0 Å². The molecule has 6 aromatic rings. The molecule has 6 saturated carbocycles. The van der Waals surface area contributed by atoms with Crippen LogP contribution in [0.3, 0.4) is 0 Å². The summed E-state index contributed by atoms with van der Waals surface area (Å²) in [7, 11) is 0. The number of aliphatic hydroxyl groups is 2. The molecule has 126 heavy (non-hydrogen) atoms. The van der Waals surface area contributed by atoms with Crippen LogP contribution in [0.2, 0.25) is 0 Å². The molecule has 8 aliphatic rings. The number of carbonyl (C=O) groups excluding carboxylic acids is 2. The normalized spacial score (nSPS) is 27.1. The van der Waals surface area contributed by atoms with Crippen LogP contribution >= 0.6 is 11.6 Å². The largest absolute Gasteiger partial charge is 0.462 e. The average Bonchev–Trinajstić information content (AvgIpc) is 1.58. The molecule has 0 bridgehead atoms. The van der Waals surface area contributed by atoms with E-state index in [4.69, 9.17) is 21.1 Å². The number of esters is 1. The van der Waals surface area contributed by atoms with E-state index in [0.717, 1.165) is 138 Å². The van der Waals surface area contributed by atoms with E-state index in [0.29, 0.717) is 21.7 Å². The molecule has 0 radical (unpaired) electrons. The highest BCUT2D eigenvalue weighted by Gasteiger charge is 2.61. The third-order valence-electron chi connectivity index (χ3n) is 34.2. The minimum absolute atomic E-state index is 0.0164. The quantitative estimate of drug-likeness (QED) is 0.0271. The summed E-state index contributed by atoms with van der Waals surface area (Å²) in [5, 5.41) is 18.9. The summed E-state index contributed by atoms with van der Waals surface area (Å²) in [6.45, 7) is 57.0. The Morgan fingerprint density at radius 3 is 0.952 bits per heavy atom. The first-order valence-electron chi connectivity index (χ1n) is 49.8. The van der Waals surface area contributed by atoms with Gasteiger partial charge in [-0.15, -0.1) is 0 Å². The number of benzene rings is 6. The van der Waals surface area contributed by atoms with Crippen LogP contribution in [-0.4, -0.2) is 33.8 Å². The fraction of sp³-hybridized carbons (Fsp3) is 0.580. The van der Waals surface area contributed by atoms with Crippen LogP contribution < -0.4 is 0 Å². The Labute approximate surface area is 770 Å². The third kappa shape index (κ3) is 23.1. The summed E-state index contributed by atoms with van der Waals surface area (Å²) in [6.07, 6.45) is 53.9. The Kier molecular flexibility index (Phi) is 34.2. The van der Waals surface area contributed by atoms with Crippen molar-refractivity contribution in [3.05, 3.63) is 230 Å². The summed E-state index contributed by atoms with van der Waals surface area (Å²) in [5.74, 6) is 10.4. The van der Waals surface area contributed by atoms with Gasteiger partial charge in [-0.05, 0) is 412 Å². The van der Waals surface area contributed by atoms with Crippen molar-refractivity contribution in [3.8, 4) is 0 Å². The van der Waals surface area contributed by atoms with Crippen molar-refractivity contribution in [2.75, 3.05) is 0 Å². The number of hydrogen-bond donors (Lipinski definition) is 2. The monoisotopic (exact) mass is 1730 g/mol. The maximum absolute atomic E-state index is 11.5. The number of aliphatic hydroxyl groups excluding tert-OH is 2. The Morgan fingerprint density at radius 1 is 0.381 bits per heavy atom. The number of aryl methyl sites for hydroxylation is 14. The van der Waals surface area contributed by atoms with Gasteiger partial charge in [0.05, 0.1) is 13.2 Å².